The van der Waals surface area contributed by atoms with Crippen LogP contribution in [0.2, 0.25) is 0 Å². The standard InChI is InChI=1S/C84H56N6/c1-53-31-35-73-71-25-5-9-29-79(71)89(83(73)39-53)67-21-13-17-57(45-67)63-42-64(52-86-51-63)58-18-14-22-68(46-58)90-82-38-34-60(48-76(82)74-36-32-54(2)40-84(74)90)59-33-37-81-75(47-59)72-26-6-10-30-80(72)88(81)66-20-12-16-56(44-66)62-41-61(49-85-50-62)55-15-11-19-65(43-55)87-77-27-7-3-23-69(77)70-24-4-8-28-78(70)87/h3-52H,1-2H3. The third-order valence-electron chi connectivity index (χ3n) is 18.6. The van der Waals surface area contributed by atoms with Crippen LogP contribution >= 0.6 is 0 Å². The van der Waals surface area contributed by atoms with E-state index >= 15 is 0 Å². The first-order valence-corrected chi connectivity index (χ1v) is 30.8. The predicted molar refractivity (Wildman–Crippen MR) is 376 cm³/mol. The van der Waals surface area contributed by atoms with E-state index in [0.717, 1.165) is 83.8 Å². The third kappa shape index (κ3) is 8.26. The van der Waals surface area contributed by atoms with Crippen molar-refractivity contribution in [1.82, 2.24) is 28.2 Å². The molecule has 0 saturated heterocycles. The molecule has 12 aromatic carbocycles. The SMILES string of the molecule is Cc1ccc2c3ccccc3n(-c3cccc(-c4cncc(-c5cccc(-n6c7ccc(-c8ccc9c(c8)c8ccccc8n9-c8cccc(-c9cncc(-c%10cccc(-n%11c%12ccccc%12c%12ccccc%12%11)c%10)c9)c8)cc7c7ccc(C)cc76)c5)c4)c3)c2c1. The Labute approximate surface area is 519 Å². The lowest BCUT2D eigenvalue weighted by Gasteiger charge is -2.13. The van der Waals surface area contributed by atoms with Gasteiger partial charge in [0.1, 0.15) is 0 Å². The fourth-order valence-electron chi connectivity index (χ4n) is 14.4. The Morgan fingerprint density at radius 1 is 0.189 bits per heavy atom. The quantitative estimate of drug-likeness (QED) is 0.145. The molecule has 90 heavy (non-hydrogen) atoms. The average Bonchev–Trinajstić information content (AvgIpc) is 1.63. The van der Waals surface area contributed by atoms with Crippen molar-refractivity contribution in [3.05, 3.63) is 315 Å². The number of benzene rings is 12. The number of aryl methyl sites for hydroxylation is 2. The molecular formula is C84H56N6. The van der Waals surface area contributed by atoms with E-state index in [4.69, 9.17) is 9.97 Å². The van der Waals surface area contributed by atoms with Crippen LogP contribution in [0.5, 0.6) is 0 Å². The number of hydrogen-bond donors (Lipinski definition) is 0. The molecule has 0 aliphatic rings. The Balaban J connectivity index is 0.675. The molecule has 422 valence electrons. The molecule has 0 fully saturated rings. The van der Waals surface area contributed by atoms with E-state index in [1.165, 1.54) is 92.9 Å². The number of pyridine rings is 2. The minimum Gasteiger partial charge on any atom is -0.309 e. The van der Waals surface area contributed by atoms with E-state index in [0.29, 0.717) is 0 Å². The summed E-state index contributed by atoms with van der Waals surface area (Å²) in [6, 6.07) is 102. The van der Waals surface area contributed by atoms with Gasteiger partial charge in [0.2, 0.25) is 0 Å². The van der Waals surface area contributed by atoms with Gasteiger partial charge in [0, 0.05) is 113 Å². The van der Waals surface area contributed by atoms with Gasteiger partial charge in [0.15, 0.2) is 0 Å². The molecule has 0 aliphatic carbocycles. The molecule has 6 aromatic heterocycles. The van der Waals surface area contributed by atoms with E-state index < -0.39 is 0 Å². The predicted octanol–water partition coefficient (Wildman–Crippen LogP) is 21.8. The molecule has 18 rings (SSSR count). The van der Waals surface area contributed by atoms with Gasteiger partial charge in [-0.15, -0.1) is 0 Å². The molecule has 0 radical (unpaired) electrons. The third-order valence-corrected chi connectivity index (χ3v) is 18.6. The zero-order chi connectivity index (χ0) is 59.6. The highest BCUT2D eigenvalue weighted by Gasteiger charge is 2.20. The Hall–Kier alpha value is -11.9. The van der Waals surface area contributed by atoms with Gasteiger partial charge < -0.3 is 18.3 Å². The largest absolute Gasteiger partial charge is 0.309 e. The number of nitrogens with zero attached hydrogens (tertiary/aromatic N) is 6. The summed E-state index contributed by atoms with van der Waals surface area (Å²) in [6.07, 6.45) is 7.93. The van der Waals surface area contributed by atoms with Crippen molar-refractivity contribution in [2.75, 3.05) is 0 Å². The first kappa shape index (κ1) is 51.4. The monoisotopic (exact) mass is 1150 g/mol. The first-order chi connectivity index (χ1) is 44.4. The molecular weight excluding hydrogens is 1090 g/mol. The molecule has 0 amide bonds. The van der Waals surface area contributed by atoms with Crippen LogP contribution in [-0.4, -0.2) is 28.2 Å². The van der Waals surface area contributed by atoms with Crippen LogP contribution < -0.4 is 0 Å². The summed E-state index contributed by atoms with van der Waals surface area (Å²) in [5.74, 6) is 0. The summed E-state index contributed by atoms with van der Waals surface area (Å²) in [4.78, 5) is 9.71. The van der Waals surface area contributed by atoms with Gasteiger partial charge in [-0.3, -0.25) is 9.97 Å². The van der Waals surface area contributed by atoms with Crippen molar-refractivity contribution in [1.29, 1.82) is 0 Å². The number of aromatic nitrogens is 6. The fraction of sp³-hybridized carbons (Fsp3) is 0.0238. The van der Waals surface area contributed by atoms with Crippen LogP contribution in [0.25, 0.3) is 166 Å². The molecule has 0 bridgehead atoms. The average molecular weight is 1150 g/mol. The van der Waals surface area contributed by atoms with Crippen LogP contribution in [0.3, 0.4) is 0 Å². The topological polar surface area (TPSA) is 45.5 Å². The maximum Gasteiger partial charge on any atom is 0.0543 e. The Morgan fingerprint density at radius 3 is 0.822 bits per heavy atom. The highest BCUT2D eigenvalue weighted by molar-refractivity contribution is 6.14. The van der Waals surface area contributed by atoms with Crippen LogP contribution in [0, 0.1) is 13.8 Å². The molecule has 0 saturated carbocycles. The van der Waals surface area contributed by atoms with E-state index in [1.807, 2.05) is 24.8 Å². The summed E-state index contributed by atoms with van der Waals surface area (Å²) >= 11 is 0. The summed E-state index contributed by atoms with van der Waals surface area (Å²) in [7, 11) is 0. The van der Waals surface area contributed by atoms with Crippen molar-refractivity contribution < 1.29 is 0 Å². The van der Waals surface area contributed by atoms with Crippen molar-refractivity contribution in [2.45, 2.75) is 13.8 Å². The van der Waals surface area contributed by atoms with Gasteiger partial charge in [0.05, 0.1) is 44.1 Å². The van der Waals surface area contributed by atoms with Crippen LogP contribution in [0.4, 0.5) is 0 Å². The molecule has 6 nitrogen and oxygen atoms in total. The van der Waals surface area contributed by atoms with Crippen LogP contribution in [0.15, 0.2) is 304 Å². The molecule has 0 N–H and O–H groups in total. The molecule has 0 atom stereocenters. The van der Waals surface area contributed by atoms with Gasteiger partial charge in [0.25, 0.3) is 0 Å². The molecule has 0 unspecified atom stereocenters. The van der Waals surface area contributed by atoms with Gasteiger partial charge in [-0.05, 0) is 180 Å². The van der Waals surface area contributed by atoms with Gasteiger partial charge >= 0.3 is 0 Å². The van der Waals surface area contributed by atoms with Crippen LogP contribution in [0.1, 0.15) is 11.1 Å². The smallest absolute Gasteiger partial charge is 0.0543 e. The lowest BCUT2D eigenvalue weighted by molar-refractivity contribution is 1.18. The van der Waals surface area contributed by atoms with Crippen molar-refractivity contribution >= 4 is 87.2 Å². The lowest BCUT2D eigenvalue weighted by atomic mass is 10.00. The highest BCUT2D eigenvalue weighted by atomic mass is 15.0. The number of rotatable bonds is 9. The second-order valence-corrected chi connectivity index (χ2v) is 24.0. The van der Waals surface area contributed by atoms with Crippen molar-refractivity contribution in [3.63, 3.8) is 0 Å². The summed E-state index contributed by atoms with van der Waals surface area (Å²) in [5, 5.41) is 9.86. The molecule has 6 heterocycles. The zero-order valence-corrected chi connectivity index (χ0v) is 49.6. The zero-order valence-electron chi connectivity index (χ0n) is 49.6. The normalized spacial score (nSPS) is 11.9. The summed E-state index contributed by atoms with van der Waals surface area (Å²) < 4.78 is 9.61. The second kappa shape index (κ2) is 20.4. The number of fused-ring (bicyclic) bond motifs is 12. The van der Waals surface area contributed by atoms with E-state index in [1.54, 1.807) is 0 Å². The Morgan fingerprint density at radius 2 is 0.467 bits per heavy atom. The van der Waals surface area contributed by atoms with E-state index in [-0.39, 0.29) is 0 Å². The Kier molecular flexibility index (Phi) is 11.6. The summed E-state index contributed by atoms with van der Waals surface area (Å²) in [6.45, 7) is 4.35. The van der Waals surface area contributed by atoms with Crippen molar-refractivity contribution in [2.24, 2.45) is 0 Å². The van der Waals surface area contributed by atoms with Gasteiger partial charge in [-0.2, -0.15) is 0 Å². The maximum atomic E-state index is 4.86. The maximum absolute atomic E-state index is 4.86. The number of para-hydroxylation sites is 4. The van der Waals surface area contributed by atoms with Crippen LogP contribution in [-0.2, 0) is 0 Å². The minimum absolute atomic E-state index is 1.06. The van der Waals surface area contributed by atoms with Gasteiger partial charge in [-0.25, -0.2) is 0 Å². The highest BCUT2D eigenvalue weighted by Crippen LogP contribution is 2.42. The molecule has 0 spiro atoms. The Bertz CT molecular complexity index is 5910. The van der Waals surface area contributed by atoms with E-state index in [2.05, 4.69) is 311 Å². The molecule has 0 aliphatic heterocycles. The van der Waals surface area contributed by atoms with E-state index in [9.17, 15) is 0 Å². The van der Waals surface area contributed by atoms with Gasteiger partial charge in [-0.1, -0.05) is 158 Å². The first-order valence-electron chi connectivity index (χ1n) is 30.8. The minimum atomic E-state index is 1.06. The second-order valence-electron chi connectivity index (χ2n) is 24.0. The molecule has 6 heteroatoms. The van der Waals surface area contributed by atoms with Crippen molar-refractivity contribution in [3.8, 4) is 78.4 Å². The molecule has 18 aromatic rings. The lowest BCUT2D eigenvalue weighted by Crippen LogP contribution is -1.95. The fourth-order valence-corrected chi connectivity index (χ4v) is 14.4. The number of hydrogen-bond acceptors (Lipinski definition) is 2. The summed E-state index contributed by atoms with van der Waals surface area (Å²) in [5.41, 5.74) is 27.4.